The van der Waals surface area contributed by atoms with Gasteiger partial charge in [-0.2, -0.15) is 5.10 Å². The lowest BCUT2D eigenvalue weighted by Crippen LogP contribution is -2.42. The summed E-state index contributed by atoms with van der Waals surface area (Å²) in [5, 5.41) is 6.58. The van der Waals surface area contributed by atoms with E-state index < -0.39 is 35.2 Å². The zero-order valence-corrected chi connectivity index (χ0v) is 19.7. The van der Waals surface area contributed by atoms with Crippen molar-refractivity contribution in [3.63, 3.8) is 0 Å². The molecule has 2 N–H and O–H groups in total. The second-order valence-electron chi connectivity index (χ2n) is 7.52. The number of thiophene rings is 1. The number of aromatic nitrogens is 4. The van der Waals surface area contributed by atoms with Gasteiger partial charge in [-0.1, -0.05) is 24.3 Å². The average molecular weight is 492 g/mol. The molecule has 0 atom stereocenters. The molecule has 35 heavy (non-hydrogen) atoms. The van der Waals surface area contributed by atoms with Crippen LogP contribution in [-0.2, 0) is 23.6 Å². The number of hydrogen-bond donors (Lipinski definition) is 1. The SMILES string of the molecule is Cn1c(N)c(C(=O)COC(=O)C=Cc2cn(-c3ccccc3)nc2-c2cccs2)c(=O)n(C)c1=O. The Morgan fingerprint density at radius 3 is 2.51 bits per heavy atom. The van der Waals surface area contributed by atoms with Gasteiger partial charge in [0.05, 0.1) is 10.6 Å². The van der Waals surface area contributed by atoms with Crippen LogP contribution in [0.25, 0.3) is 22.3 Å². The van der Waals surface area contributed by atoms with Gasteiger partial charge in [0.25, 0.3) is 5.56 Å². The maximum Gasteiger partial charge on any atom is 0.332 e. The first-order chi connectivity index (χ1) is 16.8. The summed E-state index contributed by atoms with van der Waals surface area (Å²) in [7, 11) is 2.57. The summed E-state index contributed by atoms with van der Waals surface area (Å²) in [5.74, 6) is -1.89. The topological polar surface area (TPSA) is 131 Å². The number of esters is 1. The highest BCUT2D eigenvalue weighted by Crippen LogP contribution is 2.28. The largest absolute Gasteiger partial charge is 0.454 e. The standard InChI is InChI=1S/C24H21N5O5S/c1-27-22(25)20(23(32)28(2)24(27)33)17(30)14-34-19(31)11-10-15-13-29(16-7-4-3-5-8-16)26-21(15)18-9-6-12-35-18/h3-13H,14,25H2,1-2H3. The molecule has 0 unspecified atom stereocenters. The van der Waals surface area contributed by atoms with Gasteiger partial charge in [0.15, 0.2) is 6.61 Å². The number of nitrogens with two attached hydrogens (primary N) is 1. The van der Waals surface area contributed by atoms with Gasteiger partial charge in [-0.25, -0.2) is 14.3 Å². The number of Topliss-reactive ketones (excluding diaryl/α,β-unsaturated/α-hetero) is 1. The molecule has 10 nitrogen and oxygen atoms in total. The Kier molecular flexibility index (Phi) is 6.60. The van der Waals surface area contributed by atoms with E-state index in [9.17, 15) is 19.2 Å². The molecule has 178 valence electrons. The first kappa shape index (κ1) is 23.6. The molecule has 0 aliphatic heterocycles. The van der Waals surface area contributed by atoms with Gasteiger partial charge in [0.1, 0.15) is 17.1 Å². The first-order valence-electron chi connectivity index (χ1n) is 10.4. The maximum atomic E-state index is 12.5. The molecule has 1 aromatic carbocycles. The third-order valence-electron chi connectivity index (χ3n) is 5.25. The zero-order chi connectivity index (χ0) is 25.1. The monoisotopic (exact) mass is 491 g/mol. The molecule has 0 radical (unpaired) electrons. The first-order valence-corrected chi connectivity index (χ1v) is 11.3. The fraction of sp³-hybridized carbons (Fsp3) is 0.125. The van der Waals surface area contributed by atoms with Crippen LogP contribution in [0.1, 0.15) is 15.9 Å². The van der Waals surface area contributed by atoms with Crippen LogP contribution in [0.5, 0.6) is 0 Å². The van der Waals surface area contributed by atoms with Crippen molar-refractivity contribution in [2.45, 2.75) is 0 Å². The molecule has 0 aliphatic carbocycles. The number of rotatable bonds is 7. The normalized spacial score (nSPS) is 11.1. The fourth-order valence-corrected chi connectivity index (χ4v) is 4.09. The quantitative estimate of drug-likeness (QED) is 0.238. The second-order valence-corrected chi connectivity index (χ2v) is 8.47. The lowest BCUT2D eigenvalue weighted by Gasteiger charge is -2.10. The van der Waals surface area contributed by atoms with Crippen molar-refractivity contribution in [3.05, 3.63) is 92.1 Å². The molecule has 3 heterocycles. The molecular weight excluding hydrogens is 470 g/mol. The number of ether oxygens (including phenoxy) is 1. The van der Waals surface area contributed by atoms with Gasteiger partial charge in [0.2, 0.25) is 5.78 Å². The summed E-state index contributed by atoms with van der Waals surface area (Å²) in [6.45, 7) is -0.706. The van der Waals surface area contributed by atoms with Crippen molar-refractivity contribution in [2.24, 2.45) is 14.1 Å². The van der Waals surface area contributed by atoms with E-state index in [0.29, 0.717) is 11.3 Å². The number of carbonyl (C=O) groups excluding carboxylic acids is 2. The van der Waals surface area contributed by atoms with Crippen LogP contribution in [0.3, 0.4) is 0 Å². The van der Waals surface area contributed by atoms with Crippen LogP contribution in [0.4, 0.5) is 5.82 Å². The van der Waals surface area contributed by atoms with Crippen LogP contribution < -0.4 is 17.0 Å². The summed E-state index contributed by atoms with van der Waals surface area (Å²) in [6.07, 6.45) is 4.51. The number of ketones is 1. The fourth-order valence-electron chi connectivity index (χ4n) is 3.36. The van der Waals surface area contributed by atoms with Gasteiger partial charge in [-0.15, -0.1) is 11.3 Å². The van der Waals surface area contributed by atoms with E-state index in [-0.39, 0.29) is 5.82 Å². The van der Waals surface area contributed by atoms with Crippen molar-refractivity contribution in [2.75, 3.05) is 12.3 Å². The minimum atomic E-state index is -0.851. The van der Waals surface area contributed by atoms with Crippen molar-refractivity contribution in [1.29, 1.82) is 0 Å². The molecule has 0 fully saturated rings. The predicted molar refractivity (Wildman–Crippen MR) is 133 cm³/mol. The summed E-state index contributed by atoms with van der Waals surface area (Å²) < 4.78 is 8.49. The Balaban J connectivity index is 1.53. The van der Waals surface area contributed by atoms with Crippen molar-refractivity contribution < 1.29 is 14.3 Å². The Hall–Kier alpha value is -4.51. The molecule has 11 heteroatoms. The molecule has 0 saturated heterocycles. The zero-order valence-electron chi connectivity index (χ0n) is 18.9. The predicted octanol–water partition coefficient (Wildman–Crippen LogP) is 2.02. The highest BCUT2D eigenvalue weighted by Gasteiger charge is 2.21. The number of carbonyl (C=O) groups is 2. The van der Waals surface area contributed by atoms with Crippen LogP contribution in [0.15, 0.2) is 69.7 Å². The van der Waals surface area contributed by atoms with E-state index in [0.717, 1.165) is 19.7 Å². The lowest BCUT2D eigenvalue weighted by atomic mass is 10.2. The number of nitrogen functional groups attached to an aromatic ring is 1. The van der Waals surface area contributed by atoms with Gasteiger partial charge >= 0.3 is 11.7 Å². The maximum absolute atomic E-state index is 12.5. The summed E-state index contributed by atoms with van der Waals surface area (Å²) >= 11 is 1.51. The van der Waals surface area contributed by atoms with Crippen LogP contribution in [0.2, 0.25) is 0 Å². The molecule has 0 spiro atoms. The average Bonchev–Trinajstić information content (AvgIpc) is 3.54. The molecule has 3 aromatic heterocycles. The Morgan fingerprint density at radius 2 is 1.83 bits per heavy atom. The number of benzene rings is 1. The number of hydrogen-bond acceptors (Lipinski definition) is 8. The summed E-state index contributed by atoms with van der Waals surface area (Å²) in [6, 6.07) is 13.4. The van der Waals surface area contributed by atoms with E-state index >= 15 is 0 Å². The summed E-state index contributed by atoms with van der Waals surface area (Å²) in [4.78, 5) is 50.0. The molecule has 4 rings (SSSR count). The molecular formula is C24H21N5O5S. The number of nitrogens with zero attached hydrogens (tertiary/aromatic N) is 4. The molecule has 0 aliphatic rings. The van der Waals surface area contributed by atoms with E-state index in [4.69, 9.17) is 10.5 Å². The number of para-hydroxylation sites is 1. The Labute approximate surface area is 203 Å². The van der Waals surface area contributed by atoms with Gasteiger partial charge < -0.3 is 10.5 Å². The van der Waals surface area contributed by atoms with E-state index in [2.05, 4.69) is 5.10 Å². The lowest BCUT2D eigenvalue weighted by molar-refractivity contribution is -0.136. The highest BCUT2D eigenvalue weighted by molar-refractivity contribution is 7.13. The third kappa shape index (κ3) is 4.75. The van der Waals surface area contributed by atoms with Crippen molar-refractivity contribution in [3.8, 4) is 16.3 Å². The van der Waals surface area contributed by atoms with E-state index in [1.807, 2.05) is 47.8 Å². The second kappa shape index (κ2) is 9.77. The molecule has 4 aromatic rings. The Bertz CT molecular complexity index is 1550. The van der Waals surface area contributed by atoms with E-state index in [1.54, 1.807) is 17.0 Å². The van der Waals surface area contributed by atoms with Crippen molar-refractivity contribution in [1.82, 2.24) is 18.9 Å². The Morgan fingerprint density at radius 1 is 1.09 bits per heavy atom. The van der Waals surface area contributed by atoms with E-state index in [1.165, 1.54) is 31.5 Å². The van der Waals surface area contributed by atoms with Crippen molar-refractivity contribution >= 4 is 35.0 Å². The third-order valence-corrected chi connectivity index (χ3v) is 6.13. The minimum absolute atomic E-state index is 0.288. The number of anilines is 1. The van der Waals surface area contributed by atoms with Crippen LogP contribution >= 0.6 is 11.3 Å². The smallest absolute Gasteiger partial charge is 0.332 e. The van der Waals surface area contributed by atoms with Crippen LogP contribution in [-0.4, -0.2) is 37.3 Å². The molecule has 0 amide bonds. The van der Waals surface area contributed by atoms with Gasteiger partial charge in [-0.3, -0.25) is 18.7 Å². The van der Waals surface area contributed by atoms with Crippen LogP contribution in [0, 0.1) is 0 Å². The molecule has 0 bridgehead atoms. The van der Waals surface area contributed by atoms with Gasteiger partial charge in [-0.05, 0) is 29.7 Å². The molecule has 0 saturated carbocycles. The minimum Gasteiger partial charge on any atom is -0.454 e. The summed E-state index contributed by atoms with van der Waals surface area (Å²) in [5.41, 5.74) is 6.07. The van der Waals surface area contributed by atoms with Gasteiger partial charge in [0, 0.05) is 31.9 Å². The highest BCUT2D eigenvalue weighted by atomic mass is 32.1.